The van der Waals surface area contributed by atoms with Crippen LogP contribution in [-0.2, 0) is 6.42 Å². The van der Waals surface area contributed by atoms with E-state index in [-0.39, 0.29) is 11.9 Å². The van der Waals surface area contributed by atoms with Gasteiger partial charge in [0.05, 0.1) is 0 Å². The van der Waals surface area contributed by atoms with E-state index >= 15 is 0 Å². The van der Waals surface area contributed by atoms with Crippen LogP contribution >= 0.6 is 0 Å². The average Bonchev–Trinajstić information content (AvgIpc) is 2.52. The molecular formula is C14H18N4O3. The average molecular weight is 290 g/mol. The van der Waals surface area contributed by atoms with E-state index in [1.807, 2.05) is 0 Å². The third-order valence-electron chi connectivity index (χ3n) is 4.26. The molecule has 0 aromatic carbocycles. The maximum Gasteiger partial charge on any atom is 0.407 e. The first-order chi connectivity index (χ1) is 10.1. The molecule has 2 N–H and O–H groups in total. The fraction of sp³-hybridized carbons (Fsp3) is 0.500. The second kappa shape index (κ2) is 5.23. The number of hydrogen-bond acceptors (Lipinski definition) is 4. The minimum absolute atomic E-state index is 0.101. The second-order valence-corrected chi connectivity index (χ2v) is 5.35. The number of nitrogens with zero attached hydrogens (tertiary/aromatic N) is 3. The number of hydrogen-bond donors (Lipinski definition) is 2. The molecule has 0 unspecified atom stereocenters. The molecular weight excluding hydrogens is 272 g/mol. The van der Waals surface area contributed by atoms with Crippen molar-refractivity contribution >= 4 is 17.8 Å². The lowest BCUT2D eigenvalue weighted by atomic mass is 9.93. The lowest BCUT2D eigenvalue weighted by molar-refractivity contribution is 0.0961. The predicted molar refractivity (Wildman–Crippen MR) is 76.7 cm³/mol. The first-order valence-electron chi connectivity index (χ1n) is 7.06. The lowest BCUT2D eigenvalue weighted by Gasteiger charge is -2.44. The van der Waals surface area contributed by atoms with Gasteiger partial charge in [-0.1, -0.05) is 0 Å². The van der Waals surface area contributed by atoms with E-state index in [2.05, 4.69) is 15.2 Å². The van der Waals surface area contributed by atoms with Gasteiger partial charge in [0.2, 0.25) is 0 Å². The summed E-state index contributed by atoms with van der Waals surface area (Å²) in [6, 6.07) is 1.89. The molecule has 1 saturated heterocycles. The smallest absolute Gasteiger partial charge is 0.407 e. The molecule has 2 amide bonds. The number of piperazine rings is 1. The van der Waals surface area contributed by atoms with Crippen LogP contribution in [-0.4, -0.2) is 59.7 Å². The summed E-state index contributed by atoms with van der Waals surface area (Å²) in [5.74, 6) is 0.730. The molecule has 1 aromatic rings. The fourth-order valence-electron chi connectivity index (χ4n) is 3.19. The van der Waals surface area contributed by atoms with Crippen LogP contribution in [0.4, 0.5) is 10.6 Å². The highest BCUT2D eigenvalue weighted by Gasteiger charge is 2.35. The van der Waals surface area contributed by atoms with E-state index in [4.69, 9.17) is 5.11 Å². The number of carboxylic acid groups (broad SMARTS) is 1. The largest absolute Gasteiger partial charge is 0.465 e. The summed E-state index contributed by atoms with van der Waals surface area (Å²) in [4.78, 5) is 31.1. The summed E-state index contributed by atoms with van der Waals surface area (Å²) in [6.45, 7) is 1.59. The Hall–Kier alpha value is -2.31. The SMILES string of the molecule is CNC(=O)c1ccnc2c1CC[C@@H]1CN(C(=O)O)CCN21. The number of anilines is 1. The molecule has 7 nitrogen and oxygen atoms in total. The van der Waals surface area contributed by atoms with Gasteiger partial charge in [0.25, 0.3) is 5.91 Å². The van der Waals surface area contributed by atoms with Crippen molar-refractivity contribution in [2.24, 2.45) is 0 Å². The van der Waals surface area contributed by atoms with Gasteiger partial charge in [-0.05, 0) is 18.9 Å². The zero-order chi connectivity index (χ0) is 15.0. The quantitative estimate of drug-likeness (QED) is 0.789. The summed E-state index contributed by atoms with van der Waals surface area (Å²) in [5.41, 5.74) is 1.64. The Bertz CT molecular complexity index is 590. The maximum absolute atomic E-state index is 11.9. The van der Waals surface area contributed by atoms with Gasteiger partial charge in [0.1, 0.15) is 5.82 Å². The Morgan fingerprint density at radius 3 is 2.95 bits per heavy atom. The van der Waals surface area contributed by atoms with Crippen LogP contribution in [0.15, 0.2) is 12.3 Å². The van der Waals surface area contributed by atoms with Crippen LogP contribution in [0.1, 0.15) is 22.3 Å². The number of amides is 2. The van der Waals surface area contributed by atoms with Crippen LogP contribution in [0.3, 0.4) is 0 Å². The van der Waals surface area contributed by atoms with E-state index < -0.39 is 6.09 Å². The van der Waals surface area contributed by atoms with Gasteiger partial charge in [-0.3, -0.25) is 4.79 Å². The highest BCUT2D eigenvalue weighted by atomic mass is 16.4. The molecule has 3 heterocycles. The van der Waals surface area contributed by atoms with Crippen molar-refractivity contribution in [1.82, 2.24) is 15.2 Å². The normalized spacial score (nSPS) is 20.5. The number of carbonyl (C=O) groups is 2. The Balaban J connectivity index is 1.91. The zero-order valence-electron chi connectivity index (χ0n) is 11.9. The molecule has 0 aliphatic carbocycles. The molecule has 2 aliphatic rings. The van der Waals surface area contributed by atoms with Crippen molar-refractivity contribution in [3.8, 4) is 0 Å². The van der Waals surface area contributed by atoms with E-state index in [1.54, 1.807) is 19.3 Å². The van der Waals surface area contributed by atoms with Crippen molar-refractivity contribution in [2.45, 2.75) is 18.9 Å². The molecule has 0 saturated carbocycles. The number of aromatic nitrogens is 1. The molecule has 0 bridgehead atoms. The Labute approximate surface area is 122 Å². The van der Waals surface area contributed by atoms with Crippen LogP contribution in [0, 0.1) is 0 Å². The third-order valence-corrected chi connectivity index (χ3v) is 4.26. The molecule has 0 spiro atoms. The molecule has 0 radical (unpaired) electrons. The van der Waals surface area contributed by atoms with E-state index in [9.17, 15) is 9.59 Å². The molecule has 7 heteroatoms. The van der Waals surface area contributed by atoms with Gasteiger partial charge in [-0.2, -0.15) is 0 Å². The van der Waals surface area contributed by atoms with Crippen LogP contribution in [0.25, 0.3) is 0 Å². The first-order valence-corrected chi connectivity index (χ1v) is 7.06. The minimum atomic E-state index is -0.868. The monoisotopic (exact) mass is 290 g/mol. The first kappa shape index (κ1) is 13.7. The molecule has 1 atom stereocenters. The Morgan fingerprint density at radius 2 is 2.24 bits per heavy atom. The number of nitrogens with one attached hydrogen (secondary N) is 1. The molecule has 1 fully saturated rings. The molecule has 21 heavy (non-hydrogen) atoms. The highest BCUT2D eigenvalue weighted by Crippen LogP contribution is 2.32. The third kappa shape index (κ3) is 2.28. The van der Waals surface area contributed by atoms with Crippen LogP contribution in [0.5, 0.6) is 0 Å². The lowest BCUT2D eigenvalue weighted by Crippen LogP contribution is -2.56. The van der Waals surface area contributed by atoms with Gasteiger partial charge in [0.15, 0.2) is 0 Å². The molecule has 3 rings (SSSR count). The van der Waals surface area contributed by atoms with E-state index in [0.29, 0.717) is 25.2 Å². The van der Waals surface area contributed by atoms with Crippen molar-refractivity contribution < 1.29 is 14.7 Å². The van der Waals surface area contributed by atoms with Gasteiger partial charge in [-0.15, -0.1) is 0 Å². The second-order valence-electron chi connectivity index (χ2n) is 5.35. The van der Waals surface area contributed by atoms with Gasteiger partial charge in [0, 0.05) is 50.0 Å². The van der Waals surface area contributed by atoms with E-state index in [0.717, 1.165) is 24.2 Å². The summed E-state index contributed by atoms with van der Waals surface area (Å²) in [6.07, 6.45) is 2.37. The highest BCUT2D eigenvalue weighted by molar-refractivity contribution is 5.96. The molecule has 112 valence electrons. The topological polar surface area (TPSA) is 85.8 Å². The summed E-state index contributed by atoms with van der Waals surface area (Å²) < 4.78 is 0. The van der Waals surface area contributed by atoms with Gasteiger partial charge in [-0.25, -0.2) is 9.78 Å². The van der Waals surface area contributed by atoms with Gasteiger partial charge < -0.3 is 20.2 Å². The fourth-order valence-corrected chi connectivity index (χ4v) is 3.19. The number of rotatable bonds is 1. The van der Waals surface area contributed by atoms with Crippen LogP contribution < -0.4 is 10.2 Å². The molecule has 1 aromatic heterocycles. The predicted octanol–water partition coefficient (Wildman–Crippen LogP) is 0.556. The van der Waals surface area contributed by atoms with Gasteiger partial charge >= 0.3 is 6.09 Å². The van der Waals surface area contributed by atoms with Crippen molar-refractivity contribution in [1.29, 1.82) is 0 Å². The van der Waals surface area contributed by atoms with Crippen molar-refractivity contribution in [2.75, 3.05) is 31.6 Å². The maximum atomic E-state index is 11.9. The number of fused-ring (bicyclic) bond motifs is 3. The number of carbonyl (C=O) groups excluding carboxylic acids is 1. The standard InChI is InChI=1S/C14H18N4O3/c1-15-13(19)11-4-5-16-12-10(11)3-2-9-8-17(14(20)21)6-7-18(9)12/h4-5,9H,2-3,6-8H2,1H3,(H,15,19)(H,20,21)/t9-/m1/s1. The summed E-state index contributed by atoms with van der Waals surface area (Å²) >= 11 is 0. The summed E-state index contributed by atoms with van der Waals surface area (Å²) in [7, 11) is 1.62. The Kier molecular flexibility index (Phi) is 3.40. The molecule has 2 aliphatic heterocycles. The summed E-state index contributed by atoms with van der Waals surface area (Å²) in [5, 5.41) is 11.8. The van der Waals surface area contributed by atoms with Crippen molar-refractivity contribution in [3.63, 3.8) is 0 Å². The zero-order valence-corrected chi connectivity index (χ0v) is 11.9. The minimum Gasteiger partial charge on any atom is -0.465 e. The Morgan fingerprint density at radius 1 is 1.43 bits per heavy atom. The van der Waals surface area contributed by atoms with E-state index in [1.165, 1.54) is 4.90 Å². The van der Waals surface area contributed by atoms with Crippen LogP contribution in [0.2, 0.25) is 0 Å². The number of pyridine rings is 1. The van der Waals surface area contributed by atoms with Crippen molar-refractivity contribution in [3.05, 3.63) is 23.4 Å².